The van der Waals surface area contributed by atoms with Crippen molar-refractivity contribution in [3.63, 3.8) is 0 Å². The molecular formula is C11H24O3. The van der Waals surface area contributed by atoms with Gasteiger partial charge in [0.05, 0.1) is 0 Å². The van der Waals surface area contributed by atoms with Crippen molar-refractivity contribution in [2.24, 2.45) is 0 Å². The second-order valence-electron chi connectivity index (χ2n) is 3.56. The van der Waals surface area contributed by atoms with Crippen molar-refractivity contribution in [1.82, 2.24) is 0 Å². The minimum Gasteiger partial charge on any atom is -0.388 e. The highest BCUT2D eigenvalue weighted by molar-refractivity contribution is 4.53. The normalized spacial score (nSPS) is 13.5. The molecule has 0 amide bonds. The van der Waals surface area contributed by atoms with Gasteiger partial charge in [0.15, 0.2) is 6.29 Å². The Morgan fingerprint density at radius 2 is 1.43 bits per heavy atom. The van der Waals surface area contributed by atoms with E-state index < -0.39 is 12.4 Å². The van der Waals surface area contributed by atoms with Crippen LogP contribution in [-0.2, 0) is 9.47 Å². The molecule has 0 aliphatic rings. The Balaban J connectivity index is 3.55. The van der Waals surface area contributed by atoms with E-state index in [1.807, 2.05) is 0 Å². The van der Waals surface area contributed by atoms with Crippen LogP contribution >= 0.6 is 0 Å². The van der Waals surface area contributed by atoms with Crippen LogP contribution in [-0.4, -0.2) is 30.7 Å². The van der Waals surface area contributed by atoms with Crippen LogP contribution in [0.15, 0.2) is 0 Å². The summed E-state index contributed by atoms with van der Waals surface area (Å²) in [6.45, 7) is 7.25. The van der Waals surface area contributed by atoms with E-state index in [-0.39, 0.29) is 0 Å². The Labute approximate surface area is 87.4 Å². The van der Waals surface area contributed by atoms with Gasteiger partial charge in [-0.15, -0.1) is 0 Å². The summed E-state index contributed by atoms with van der Waals surface area (Å²) in [6.07, 6.45) is 3.22. The van der Waals surface area contributed by atoms with Gasteiger partial charge in [0.2, 0.25) is 0 Å². The van der Waals surface area contributed by atoms with Crippen molar-refractivity contribution in [2.75, 3.05) is 13.2 Å². The van der Waals surface area contributed by atoms with Crippen LogP contribution in [0, 0.1) is 0 Å². The summed E-state index contributed by atoms with van der Waals surface area (Å²) in [5, 5.41) is 9.36. The molecule has 0 aromatic heterocycles. The highest BCUT2D eigenvalue weighted by Crippen LogP contribution is 2.04. The standard InChI is InChI=1S/C11H24O3/c1-4-6-8-13-11(10(3)12)14-9-7-5-2/h10-12H,4-9H2,1-3H3/t10-/m1/s1. The monoisotopic (exact) mass is 204 g/mol. The fourth-order valence-electron chi connectivity index (χ4n) is 1.01. The molecule has 3 heteroatoms. The minimum absolute atomic E-state index is 0.451. The smallest absolute Gasteiger partial charge is 0.183 e. The fraction of sp³-hybridized carbons (Fsp3) is 1.00. The third kappa shape index (κ3) is 7.30. The van der Waals surface area contributed by atoms with E-state index in [1.54, 1.807) is 6.92 Å². The summed E-state index contributed by atoms with van der Waals surface area (Å²) in [4.78, 5) is 0. The molecule has 0 unspecified atom stereocenters. The molecule has 1 N–H and O–H groups in total. The molecule has 0 aromatic carbocycles. The zero-order valence-corrected chi connectivity index (χ0v) is 9.66. The van der Waals surface area contributed by atoms with Gasteiger partial charge in [0.25, 0.3) is 0 Å². The van der Waals surface area contributed by atoms with E-state index in [1.165, 1.54) is 0 Å². The van der Waals surface area contributed by atoms with Crippen molar-refractivity contribution in [3.05, 3.63) is 0 Å². The Kier molecular flexibility index (Phi) is 9.35. The highest BCUT2D eigenvalue weighted by atomic mass is 16.7. The first-order chi connectivity index (χ1) is 6.72. The van der Waals surface area contributed by atoms with E-state index in [0.717, 1.165) is 25.7 Å². The van der Waals surface area contributed by atoms with Crippen LogP contribution in [0.5, 0.6) is 0 Å². The number of hydrogen-bond donors (Lipinski definition) is 1. The van der Waals surface area contributed by atoms with Crippen LogP contribution in [0.4, 0.5) is 0 Å². The van der Waals surface area contributed by atoms with E-state index in [9.17, 15) is 5.11 Å². The van der Waals surface area contributed by atoms with Crippen LogP contribution in [0.3, 0.4) is 0 Å². The molecular weight excluding hydrogens is 180 g/mol. The van der Waals surface area contributed by atoms with Gasteiger partial charge in [-0.2, -0.15) is 0 Å². The molecule has 0 aliphatic carbocycles. The molecule has 0 heterocycles. The average molecular weight is 204 g/mol. The molecule has 0 spiro atoms. The lowest BCUT2D eigenvalue weighted by Gasteiger charge is -2.20. The Morgan fingerprint density at radius 1 is 1.00 bits per heavy atom. The predicted octanol–water partition coefficient (Wildman–Crippen LogP) is 2.33. The van der Waals surface area contributed by atoms with Gasteiger partial charge >= 0.3 is 0 Å². The first kappa shape index (κ1) is 13.9. The van der Waals surface area contributed by atoms with Crippen molar-refractivity contribution in [2.45, 2.75) is 58.8 Å². The molecule has 0 rings (SSSR count). The number of ether oxygens (including phenoxy) is 2. The van der Waals surface area contributed by atoms with Crippen LogP contribution in [0.1, 0.15) is 46.5 Å². The quantitative estimate of drug-likeness (QED) is 0.463. The zero-order valence-electron chi connectivity index (χ0n) is 9.66. The minimum atomic E-state index is -0.552. The van der Waals surface area contributed by atoms with Crippen molar-refractivity contribution in [3.8, 4) is 0 Å². The van der Waals surface area contributed by atoms with Gasteiger partial charge in [-0.3, -0.25) is 0 Å². The average Bonchev–Trinajstić information content (AvgIpc) is 2.15. The van der Waals surface area contributed by atoms with E-state index in [2.05, 4.69) is 13.8 Å². The molecule has 0 radical (unpaired) electrons. The van der Waals surface area contributed by atoms with E-state index in [0.29, 0.717) is 13.2 Å². The lowest BCUT2D eigenvalue weighted by atomic mass is 10.3. The lowest BCUT2D eigenvalue weighted by Crippen LogP contribution is -2.30. The molecule has 0 bridgehead atoms. The lowest BCUT2D eigenvalue weighted by molar-refractivity contribution is -0.190. The third-order valence-corrected chi connectivity index (χ3v) is 1.95. The second kappa shape index (κ2) is 9.44. The summed E-state index contributed by atoms with van der Waals surface area (Å²) < 4.78 is 10.8. The van der Waals surface area contributed by atoms with Crippen LogP contribution < -0.4 is 0 Å². The van der Waals surface area contributed by atoms with Crippen molar-refractivity contribution >= 4 is 0 Å². The zero-order chi connectivity index (χ0) is 10.8. The maximum atomic E-state index is 9.36. The maximum Gasteiger partial charge on any atom is 0.183 e. The summed E-state index contributed by atoms with van der Waals surface area (Å²) >= 11 is 0. The molecule has 14 heavy (non-hydrogen) atoms. The van der Waals surface area contributed by atoms with Gasteiger partial charge in [-0.1, -0.05) is 26.7 Å². The topological polar surface area (TPSA) is 38.7 Å². The van der Waals surface area contributed by atoms with E-state index >= 15 is 0 Å². The Hall–Kier alpha value is -0.120. The van der Waals surface area contributed by atoms with Gasteiger partial charge in [-0.25, -0.2) is 0 Å². The molecule has 0 fully saturated rings. The van der Waals surface area contributed by atoms with Crippen molar-refractivity contribution in [1.29, 1.82) is 0 Å². The summed E-state index contributed by atoms with van der Waals surface area (Å²) in [7, 11) is 0. The van der Waals surface area contributed by atoms with Crippen molar-refractivity contribution < 1.29 is 14.6 Å². The molecule has 3 nitrogen and oxygen atoms in total. The molecule has 0 aromatic rings. The Morgan fingerprint density at radius 3 is 1.71 bits per heavy atom. The number of unbranched alkanes of at least 4 members (excludes halogenated alkanes) is 2. The molecule has 1 atom stereocenters. The van der Waals surface area contributed by atoms with Crippen LogP contribution in [0.25, 0.3) is 0 Å². The van der Waals surface area contributed by atoms with Gasteiger partial charge in [-0.05, 0) is 19.8 Å². The highest BCUT2D eigenvalue weighted by Gasteiger charge is 2.14. The maximum absolute atomic E-state index is 9.36. The first-order valence-electron chi connectivity index (χ1n) is 5.63. The van der Waals surface area contributed by atoms with E-state index in [4.69, 9.17) is 9.47 Å². The van der Waals surface area contributed by atoms with Gasteiger partial charge in [0.1, 0.15) is 6.10 Å². The number of aliphatic hydroxyl groups excluding tert-OH is 1. The Bertz CT molecular complexity index is 105. The predicted molar refractivity (Wildman–Crippen MR) is 57.2 cm³/mol. The van der Waals surface area contributed by atoms with Gasteiger partial charge in [0, 0.05) is 13.2 Å². The second-order valence-corrected chi connectivity index (χ2v) is 3.56. The fourth-order valence-corrected chi connectivity index (χ4v) is 1.01. The summed E-state index contributed by atoms with van der Waals surface area (Å²) in [6, 6.07) is 0. The third-order valence-electron chi connectivity index (χ3n) is 1.95. The van der Waals surface area contributed by atoms with Crippen LogP contribution in [0.2, 0.25) is 0 Å². The molecule has 0 saturated heterocycles. The number of rotatable bonds is 9. The first-order valence-corrected chi connectivity index (χ1v) is 5.63. The molecule has 0 saturated carbocycles. The molecule has 86 valence electrons. The SMILES string of the molecule is CCCCOC(OCCCC)[C@@H](C)O. The number of aliphatic hydroxyl groups is 1. The van der Waals surface area contributed by atoms with Gasteiger partial charge < -0.3 is 14.6 Å². The number of hydrogen-bond acceptors (Lipinski definition) is 3. The largest absolute Gasteiger partial charge is 0.388 e. The molecule has 0 aliphatic heterocycles. The summed E-state index contributed by atoms with van der Waals surface area (Å²) in [5.74, 6) is 0. The summed E-state index contributed by atoms with van der Waals surface area (Å²) in [5.41, 5.74) is 0.